The Labute approximate surface area is 113 Å². The Hall–Kier alpha value is -1.81. The lowest BCUT2D eigenvalue weighted by molar-refractivity contribution is 0.291. The number of aliphatic hydroxyl groups excluding tert-OH is 1. The molecule has 0 atom stereocenters. The molecule has 0 bridgehead atoms. The van der Waals surface area contributed by atoms with E-state index in [1.54, 1.807) is 0 Å². The van der Waals surface area contributed by atoms with E-state index in [1.807, 2.05) is 41.9 Å². The maximum absolute atomic E-state index is 8.86. The molecule has 0 aliphatic carbocycles. The molecular formula is C15H20N2O2. The van der Waals surface area contributed by atoms with Crippen LogP contribution in [-0.4, -0.2) is 21.5 Å². The molecule has 0 aliphatic heterocycles. The van der Waals surface area contributed by atoms with Crippen LogP contribution >= 0.6 is 0 Å². The number of hydrogen-bond acceptors (Lipinski definition) is 3. The number of benzene rings is 1. The third-order valence-electron chi connectivity index (χ3n) is 3.00. The molecule has 1 N–H and O–H groups in total. The van der Waals surface area contributed by atoms with E-state index in [4.69, 9.17) is 9.84 Å². The smallest absolute Gasteiger partial charge is 0.130 e. The standard InChI is InChI=1S/C15H20N2O2/c1-3-17-14(10-12(2)16-17)11-19-15-6-4-13(5-7-15)8-9-18/h4-7,10,18H,3,8-9,11H2,1-2H3. The number of ether oxygens (including phenoxy) is 1. The summed E-state index contributed by atoms with van der Waals surface area (Å²) >= 11 is 0. The van der Waals surface area contributed by atoms with Gasteiger partial charge in [0.2, 0.25) is 0 Å². The topological polar surface area (TPSA) is 47.3 Å². The molecule has 0 aliphatic rings. The van der Waals surface area contributed by atoms with Crippen LogP contribution in [0.4, 0.5) is 0 Å². The first-order chi connectivity index (χ1) is 9.22. The molecule has 1 aromatic heterocycles. The van der Waals surface area contributed by atoms with Crippen LogP contribution in [-0.2, 0) is 19.6 Å². The quantitative estimate of drug-likeness (QED) is 0.867. The van der Waals surface area contributed by atoms with Gasteiger partial charge in [-0.2, -0.15) is 5.10 Å². The first kappa shape index (κ1) is 13.6. The van der Waals surface area contributed by atoms with Crippen molar-refractivity contribution in [2.24, 2.45) is 0 Å². The van der Waals surface area contributed by atoms with Gasteiger partial charge in [-0.1, -0.05) is 12.1 Å². The summed E-state index contributed by atoms with van der Waals surface area (Å²) in [5, 5.41) is 13.2. The monoisotopic (exact) mass is 260 g/mol. The summed E-state index contributed by atoms with van der Waals surface area (Å²) in [7, 11) is 0. The van der Waals surface area contributed by atoms with Crippen molar-refractivity contribution in [2.75, 3.05) is 6.61 Å². The highest BCUT2D eigenvalue weighted by molar-refractivity contribution is 5.27. The zero-order valence-corrected chi connectivity index (χ0v) is 11.5. The zero-order valence-electron chi connectivity index (χ0n) is 11.5. The molecule has 0 fully saturated rings. The molecule has 0 radical (unpaired) electrons. The van der Waals surface area contributed by atoms with Crippen LogP contribution in [0.3, 0.4) is 0 Å². The lowest BCUT2D eigenvalue weighted by Gasteiger charge is -2.08. The van der Waals surface area contributed by atoms with Gasteiger partial charge in [0.25, 0.3) is 0 Å². The summed E-state index contributed by atoms with van der Waals surface area (Å²) in [6.07, 6.45) is 0.683. The fourth-order valence-corrected chi connectivity index (χ4v) is 2.03. The third kappa shape index (κ3) is 3.58. The van der Waals surface area contributed by atoms with E-state index in [1.165, 1.54) is 0 Å². The second kappa shape index (κ2) is 6.38. The van der Waals surface area contributed by atoms with E-state index in [0.717, 1.165) is 29.2 Å². The molecule has 4 nitrogen and oxygen atoms in total. The van der Waals surface area contributed by atoms with Gasteiger partial charge in [0, 0.05) is 13.2 Å². The van der Waals surface area contributed by atoms with Gasteiger partial charge in [0.1, 0.15) is 12.4 Å². The molecule has 1 heterocycles. The van der Waals surface area contributed by atoms with Crippen molar-refractivity contribution in [3.8, 4) is 5.75 Å². The summed E-state index contributed by atoms with van der Waals surface area (Å²) in [5.41, 5.74) is 3.21. The molecular weight excluding hydrogens is 240 g/mol. The Balaban J connectivity index is 1.97. The summed E-state index contributed by atoms with van der Waals surface area (Å²) in [5.74, 6) is 0.836. The molecule has 2 rings (SSSR count). The first-order valence-corrected chi connectivity index (χ1v) is 6.59. The van der Waals surface area contributed by atoms with Gasteiger partial charge >= 0.3 is 0 Å². The number of hydrogen-bond donors (Lipinski definition) is 1. The SMILES string of the molecule is CCn1nc(C)cc1COc1ccc(CCO)cc1. The fourth-order valence-electron chi connectivity index (χ4n) is 2.03. The maximum Gasteiger partial charge on any atom is 0.130 e. The second-order valence-electron chi connectivity index (χ2n) is 4.50. The molecule has 0 spiro atoms. The highest BCUT2D eigenvalue weighted by Gasteiger charge is 2.04. The molecule has 2 aromatic rings. The molecule has 0 unspecified atom stereocenters. The van der Waals surface area contributed by atoms with E-state index >= 15 is 0 Å². The maximum atomic E-state index is 8.86. The minimum Gasteiger partial charge on any atom is -0.487 e. The first-order valence-electron chi connectivity index (χ1n) is 6.59. The average Bonchev–Trinajstić information content (AvgIpc) is 2.79. The van der Waals surface area contributed by atoms with Gasteiger partial charge < -0.3 is 9.84 Å². The summed E-state index contributed by atoms with van der Waals surface area (Å²) in [6.45, 7) is 5.60. The highest BCUT2D eigenvalue weighted by atomic mass is 16.5. The minimum absolute atomic E-state index is 0.176. The Kier molecular flexibility index (Phi) is 4.58. The van der Waals surface area contributed by atoms with Crippen LogP contribution in [0.15, 0.2) is 30.3 Å². The van der Waals surface area contributed by atoms with Gasteiger partial charge in [-0.05, 0) is 44.0 Å². The van der Waals surface area contributed by atoms with Crippen LogP contribution in [0.5, 0.6) is 5.75 Å². The number of aromatic nitrogens is 2. The average molecular weight is 260 g/mol. The lowest BCUT2D eigenvalue weighted by atomic mass is 10.1. The van der Waals surface area contributed by atoms with Gasteiger partial charge in [-0.25, -0.2) is 0 Å². The molecule has 0 amide bonds. The third-order valence-corrected chi connectivity index (χ3v) is 3.00. The molecule has 19 heavy (non-hydrogen) atoms. The Morgan fingerprint density at radius 2 is 2.00 bits per heavy atom. The van der Waals surface area contributed by atoms with Gasteiger partial charge in [-0.3, -0.25) is 4.68 Å². The van der Waals surface area contributed by atoms with Gasteiger partial charge in [0.15, 0.2) is 0 Å². The van der Waals surface area contributed by atoms with E-state index in [-0.39, 0.29) is 6.61 Å². The summed E-state index contributed by atoms with van der Waals surface area (Å²) < 4.78 is 7.71. The Morgan fingerprint density at radius 1 is 1.26 bits per heavy atom. The van der Waals surface area contributed by atoms with E-state index in [2.05, 4.69) is 12.0 Å². The van der Waals surface area contributed by atoms with Crippen molar-refractivity contribution in [2.45, 2.75) is 33.4 Å². The van der Waals surface area contributed by atoms with Crippen molar-refractivity contribution in [3.63, 3.8) is 0 Å². The number of aliphatic hydroxyl groups is 1. The minimum atomic E-state index is 0.176. The van der Waals surface area contributed by atoms with Crippen molar-refractivity contribution in [1.29, 1.82) is 0 Å². The van der Waals surface area contributed by atoms with Crippen LogP contribution in [0.25, 0.3) is 0 Å². The normalized spacial score (nSPS) is 10.7. The molecule has 0 saturated carbocycles. The van der Waals surface area contributed by atoms with Crippen molar-refractivity contribution in [3.05, 3.63) is 47.3 Å². The van der Waals surface area contributed by atoms with E-state index < -0.39 is 0 Å². The number of rotatable bonds is 6. The molecule has 4 heteroatoms. The lowest BCUT2D eigenvalue weighted by Crippen LogP contribution is -2.06. The summed E-state index contributed by atoms with van der Waals surface area (Å²) in [6, 6.07) is 9.88. The largest absolute Gasteiger partial charge is 0.487 e. The Morgan fingerprint density at radius 3 is 2.63 bits per heavy atom. The zero-order chi connectivity index (χ0) is 13.7. The predicted octanol–water partition coefficient (Wildman–Crippen LogP) is 2.33. The van der Waals surface area contributed by atoms with Crippen molar-refractivity contribution >= 4 is 0 Å². The van der Waals surface area contributed by atoms with Crippen molar-refractivity contribution in [1.82, 2.24) is 9.78 Å². The van der Waals surface area contributed by atoms with Crippen molar-refractivity contribution < 1.29 is 9.84 Å². The van der Waals surface area contributed by atoms with Crippen LogP contribution in [0, 0.1) is 6.92 Å². The van der Waals surface area contributed by atoms with E-state index in [0.29, 0.717) is 13.0 Å². The second-order valence-corrected chi connectivity index (χ2v) is 4.50. The van der Waals surface area contributed by atoms with Gasteiger partial charge in [0.05, 0.1) is 11.4 Å². The predicted molar refractivity (Wildman–Crippen MR) is 74.2 cm³/mol. The molecule has 0 saturated heterocycles. The molecule has 102 valence electrons. The molecule has 1 aromatic carbocycles. The van der Waals surface area contributed by atoms with Crippen LogP contribution in [0.1, 0.15) is 23.9 Å². The van der Waals surface area contributed by atoms with Crippen LogP contribution < -0.4 is 4.74 Å². The summed E-state index contributed by atoms with van der Waals surface area (Å²) in [4.78, 5) is 0. The Bertz CT molecular complexity index is 517. The van der Waals surface area contributed by atoms with Gasteiger partial charge in [-0.15, -0.1) is 0 Å². The van der Waals surface area contributed by atoms with E-state index in [9.17, 15) is 0 Å². The highest BCUT2D eigenvalue weighted by Crippen LogP contribution is 2.15. The fraction of sp³-hybridized carbons (Fsp3) is 0.400. The number of aryl methyl sites for hydroxylation is 2. The van der Waals surface area contributed by atoms with Crippen LogP contribution in [0.2, 0.25) is 0 Å². The number of nitrogens with zero attached hydrogens (tertiary/aromatic N) is 2.